The summed E-state index contributed by atoms with van der Waals surface area (Å²) in [7, 11) is 0. The second-order valence-corrected chi connectivity index (χ2v) is 8.67. The number of rotatable bonds is 4. The van der Waals surface area contributed by atoms with Crippen LogP contribution in [0.15, 0.2) is 67.1 Å². The van der Waals surface area contributed by atoms with Crippen molar-refractivity contribution in [3.8, 4) is 0 Å². The molecule has 3 aromatic rings. The summed E-state index contributed by atoms with van der Waals surface area (Å²) < 4.78 is 1.60. The van der Waals surface area contributed by atoms with Gasteiger partial charge in [-0.05, 0) is 23.7 Å². The van der Waals surface area contributed by atoms with Crippen LogP contribution in [0.5, 0.6) is 0 Å². The van der Waals surface area contributed by atoms with E-state index in [4.69, 9.17) is 5.73 Å². The van der Waals surface area contributed by atoms with Crippen LogP contribution in [0.2, 0.25) is 0 Å². The zero-order chi connectivity index (χ0) is 21.9. The number of amides is 1. The first-order valence-electron chi connectivity index (χ1n) is 11.3. The van der Waals surface area contributed by atoms with Crippen molar-refractivity contribution in [3.05, 3.63) is 83.9 Å². The highest BCUT2D eigenvalue weighted by Crippen LogP contribution is 2.30. The van der Waals surface area contributed by atoms with Crippen LogP contribution in [-0.4, -0.2) is 64.1 Å². The molecule has 0 radical (unpaired) electrons. The Bertz CT molecular complexity index is 1070. The molecular weight excluding hydrogens is 400 g/mol. The molecule has 1 atom stereocenters. The molecule has 1 saturated heterocycles. The topological polar surface area (TPSA) is 70.6 Å². The zero-order valence-corrected chi connectivity index (χ0v) is 18.3. The number of hydrogen-bond acceptors (Lipinski definition) is 5. The standard InChI is InChI=1S/C25H30N6O/c26-11-10-22-16-30(19-27-22)25(32)29-15-21-8-4-5-9-24(21)31-13-12-28(17-23(31)18-29)14-20-6-2-1-3-7-20/h1-9,16,19,23H,10-15,17-18,26H2. The second-order valence-electron chi connectivity index (χ2n) is 8.67. The highest BCUT2D eigenvalue weighted by atomic mass is 16.2. The van der Waals surface area contributed by atoms with E-state index in [1.165, 1.54) is 16.8 Å². The van der Waals surface area contributed by atoms with Gasteiger partial charge in [-0.25, -0.2) is 9.78 Å². The van der Waals surface area contributed by atoms with Crippen LogP contribution < -0.4 is 10.6 Å². The van der Waals surface area contributed by atoms with E-state index in [1.807, 2.05) is 11.1 Å². The lowest BCUT2D eigenvalue weighted by Crippen LogP contribution is -2.56. The maximum atomic E-state index is 13.4. The largest absolute Gasteiger partial charge is 0.364 e. The quantitative estimate of drug-likeness (QED) is 0.689. The van der Waals surface area contributed by atoms with Crippen LogP contribution >= 0.6 is 0 Å². The number of nitrogens with two attached hydrogens (primary N) is 1. The first-order valence-corrected chi connectivity index (χ1v) is 11.3. The third-order valence-corrected chi connectivity index (χ3v) is 6.44. The average molecular weight is 431 g/mol. The summed E-state index contributed by atoms with van der Waals surface area (Å²) in [5.41, 5.74) is 10.3. The summed E-state index contributed by atoms with van der Waals surface area (Å²) in [6.07, 6.45) is 4.10. The number of piperazine rings is 1. The van der Waals surface area contributed by atoms with Crippen molar-refractivity contribution >= 4 is 11.7 Å². The molecule has 2 aliphatic rings. The van der Waals surface area contributed by atoms with E-state index in [0.717, 1.165) is 31.9 Å². The SMILES string of the molecule is NCCc1cn(C(=O)N2Cc3ccccc3N3CCN(Cc4ccccc4)CC3C2)cn1. The number of fused-ring (bicyclic) bond motifs is 3. The molecule has 1 fully saturated rings. The van der Waals surface area contributed by atoms with E-state index in [2.05, 4.69) is 69.4 Å². The maximum absolute atomic E-state index is 13.4. The number of imidazole rings is 1. The Kier molecular flexibility index (Phi) is 5.92. The zero-order valence-electron chi connectivity index (χ0n) is 18.3. The summed E-state index contributed by atoms with van der Waals surface area (Å²) in [4.78, 5) is 24.7. The Labute approximate surface area is 189 Å². The first kappa shape index (κ1) is 20.7. The first-order chi connectivity index (χ1) is 15.7. The van der Waals surface area contributed by atoms with Crippen molar-refractivity contribution in [2.24, 2.45) is 5.73 Å². The third kappa shape index (κ3) is 4.26. The van der Waals surface area contributed by atoms with Crippen LogP contribution in [0.1, 0.15) is 16.8 Å². The van der Waals surface area contributed by atoms with Gasteiger partial charge in [0, 0.05) is 57.6 Å². The molecule has 7 nitrogen and oxygen atoms in total. The van der Waals surface area contributed by atoms with Crippen LogP contribution in [0.25, 0.3) is 0 Å². The minimum atomic E-state index is -0.0300. The molecule has 2 aromatic carbocycles. The fourth-order valence-electron chi connectivity index (χ4n) is 4.88. The molecule has 2 aliphatic heterocycles. The van der Waals surface area contributed by atoms with Crippen LogP contribution in [0, 0.1) is 0 Å². The molecule has 0 aliphatic carbocycles. The van der Waals surface area contributed by atoms with Crippen LogP contribution in [-0.2, 0) is 19.5 Å². The second kappa shape index (κ2) is 9.14. The molecule has 0 bridgehead atoms. The minimum absolute atomic E-state index is 0.0300. The number of hydrogen-bond donors (Lipinski definition) is 1. The van der Waals surface area contributed by atoms with Crippen molar-refractivity contribution in [2.75, 3.05) is 37.6 Å². The predicted molar refractivity (Wildman–Crippen MR) is 125 cm³/mol. The number of nitrogens with zero attached hydrogens (tertiary/aromatic N) is 5. The minimum Gasteiger partial charge on any atom is -0.364 e. The predicted octanol–water partition coefficient (Wildman–Crippen LogP) is 2.56. The van der Waals surface area contributed by atoms with Gasteiger partial charge in [0.25, 0.3) is 0 Å². The van der Waals surface area contributed by atoms with Crippen molar-refractivity contribution in [2.45, 2.75) is 25.6 Å². The summed E-state index contributed by atoms with van der Waals surface area (Å²) in [5, 5.41) is 0. The molecule has 3 heterocycles. The monoisotopic (exact) mass is 430 g/mol. The molecule has 166 valence electrons. The lowest BCUT2D eigenvalue weighted by atomic mass is 10.1. The molecule has 1 amide bonds. The summed E-state index contributed by atoms with van der Waals surface area (Å²) in [5.74, 6) is 0. The number of anilines is 1. The lowest BCUT2D eigenvalue weighted by Gasteiger charge is -2.43. The Balaban J connectivity index is 1.39. The molecule has 0 spiro atoms. The van der Waals surface area contributed by atoms with Gasteiger partial charge in [-0.2, -0.15) is 0 Å². The number of para-hydroxylation sites is 1. The van der Waals surface area contributed by atoms with Gasteiger partial charge >= 0.3 is 6.03 Å². The van der Waals surface area contributed by atoms with E-state index in [0.29, 0.717) is 26.1 Å². The van der Waals surface area contributed by atoms with E-state index >= 15 is 0 Å². The maximum Gasteiger partial charge on any atom is 0.329 e. The smallest absolute Gasteiger partial charge is 0.329 e. The molecule has 5 rings (SSSR count). The van der Waals surface area contributed by atoms with Crippen molar-refractivity contribution < 1.29 is 4.79 Å². The van der Waals surface area contributed by atoms with E-state index in [1.54, 1.807) is 10.9 Å². The Morgan fingerprint density at radius 3 is 2.69 bits per heavy atom. The highest BCUT2D eigenvalue weighted by molar-refractivity contribution is 5.77. The van der Waals surface area contributed by atoms with Crippen molar-refractivity contribution in [3.63, 3.8) is 0 Å². The molecule has 2 N–H and O–H groups in total. The Morgan fingerprint density at radius 2 is 1.84 bits per heavy atom. The van der Waals surface area contributed by atoms with Gasteiger partial charge in [0.05, 0.1) is 11.7 Å². The fourth-order valence-corrected chi connectivity index (χ4v) is 4.88. The third-order valence-electron chi connectivity index (χ3n) is 6.44. The molecular formula is C25H30N6O. The van der Waals surface area contributed by atoms with Gasteiger partial charge in [-0.1, -0.05) is 48.5 Å². The van der Waals surface area contributed by atoms with Gasteiger partial charge in [-0.3, -0.25) is 9.47 Å². The average Bonchev–Trinajstić information content (AvgIpc) is 3.21. The van der Waals surface area contributed by atoms with E-state index in [-0.39, 0.29) is 12.1 Å². The fraction of sp³-hybridized carbons (Fsp3) is 0.360. The normalized spacial score (nSPS) is 18.7. The van der Waals surface area contributed by atoms with Crippen molar-refractivity contribution in [1.82, 2.24) is 19.4 Å². The molecule has 1 aromatic heterocycles. The lowest BCUT2D eigenvalue weighted by molar-refractivity contribution is 0.170. The van der Waals surface area contributed by atoms with Gasteiger partial charge in [-0.15, -0.1) is 0 Å². The van der Waals surface area contributed by atoms with E-state index < -0.39 is 0 Å². The Morgan fingerprint density at radius 1 is 1.03 bits per heavy atom. The number of carbonyl (C=O) groups excluding carboxylic acids is 1. The summed E-state index contributed by atoms with van der Waals surface area (Å²) in [6.45, 7) is 5.64. The van der Waals surface area contributed by atoms with Gasteiger partial charge in [0.2, 0.25) is 0 Å². The summed E-state index contributed by atoms with van der Waals surface area (Å²) in [6, 6.07) is 19.3. The molecule has 32 heavy (non-hydrogen) atoms. The van der Waals surface area contributed by atoms with Crippen molar-refractivity contribution in [1.29, 1.82) is 0 Å². The number of carbonyl (C=O) groups is 1. The molecule has 7 heteroatoms. The molecule has 1 unspecified atom stereocenters. The Hall–Kier alpha value is -3.16. The van der Waals surface area contributed by atoms with Gasteiger partial charge in [0.15, 0.2) is 0 Å². The molecule has 0 saturated carbocycles. The van der Waals surface area contributed by atoms with Gasteiger partial charge in [0.1, 0.15) is 6.33 Å². The number of aromatic nitrogens is 2. The summed E-state index contributed by atoms with van der Waals surface area (Å²) >= 11 is 0. The van der Waals surface area contributed by atoms with Crippen LogP contribution in [0.4, 0.5) is 10.5 Å². The highest BCUT2D eigenvalue weighted by Gasteiger charge is 2.34. The van der Waals surface area contributed by atoms with Gasteiger partial charge < -0.3 is 15.5 Å². The van der Waals surface area contributed by atoms with Crippen LogP contribution in [0.3, 0.4) is 0 Å². The van der Waals surface area contributed by atoms with E-state index in [9.17, 15) is 4.79 Å². The number of benzene rings is 2.